The SMILES string of the molecule is CNCC1CC1.Oc1cccc2ccccc12.c1ccsc1. The standard InChI is InChI=1S/C10H8O.C5H11N.C4H4S/c11-10-7-3-5-8-4-1-2-6-9(8)10;1-6-4-5-2-3-5;1-2-4-5-3-1/h1-7,11H;5-6H,2-4H2,1H3;1-4H. The van der Waals surface area contributed by atoms with Crippen molar-refractivity contribution >= 4 is 22.1 Å². The predicted molar refractivity (Wildman–Crippen MR) is 96.6 cm³/mol. The third-order valence-corrected chi connectivity index (χ3v) is 4.01. The van der Waals surface area contributed by atoms with Crippen LogP contribution in [0.5, 0.6) is 5.75 Å². The fraction of sp³-hybridized carbons (Fsp3) is 0.263. The molecule has 1 aromatic heterocycles. The van der Waals surface area contributed by atoms with E-state index in [2.05, 4.69) is 5.32 Å². The van der Waals surface area contributed by atoms with Gasteiger partial charge in [-0.2, -0.15) is 11.3 Å². The van der Waals surface area contributed by atoms with Crippen LogP contribution in [0.3, 0.4) is 0 Å². The van der Waals surface area contributed by atoms with Gasteiger partial charge in [-0.05, 0) is 54.6 Å². The minimum Gasteiger partial charge on any atom is -0.507 e. The van der Waals surface area contributed by atoms with Gasteiger partial charge in [0, 0.05) is 5.39 Å². The number of benzene rings is 2. The second-order valence-electron chi connectivity index (χ2n) is 5.29. The van der Waals surface area contributed by atoms with Gasteiger partial charge in [-0.3, -0.25) is 0 Å². The van der Waals surface area contributed by atoms with Crippen LogP contribution in [0.4, 0.5) is 0 Å². The number of hydrogen-bond donors (Lipinski definition) is 2. The first-order valence-corrected chi connectivity index (χ1v) is 8.54. The van der Waals surface area contributed by atoms with Crippen molar-refractivity contribution in [3.05, 3.63) is 65.4 Å². The summed E-state index contributed by atoms with van der Waals surface area (Å²) in [6, 6.07) is 17.3. The van der Waals surface area contributed by atoms with Crippen LogP contribution in [0.25, 0.3) is 10.8 Å². The molecule has 2 nitrogen and oxygen atoms in total. The maximum absolute atomic E-state index is 9.37. The van der Waals surface area contributed by atoms with Crippen molar-refractivity contribution in [3.8, 4) is 5.75 Å². The number of thiophene rings is 1. The Hall–Kier alpha value is -1.84. The van der Waals surface area contributed by atoms with E-state index in [9.17, 15) is 5.11 Å². The summed E-state index contributed by atoms with van der Waals surface area (Å²) >= 11 is 1.71. The van der Waals surface area contributed by atoms with E-state index < -0.39 is 0 Å². The molecular weight excluding hydrogens is 290 g/mol. The van der Waals surface area contributed by atoms with Crippen LogP contribution in [-0.2, 0) is 0 Å². The molecule has 1 aliphatic rings. The number of phenols is 1. The zero-order valence-corrected chi connectivity index (χ0v) is 13.7. The van der Waals surface area contributed by atoms with E-state index >= 15 is 0 Å². The highest BCUT2D eigenvalue weighted by Gasteiger charge is 2.19. The van der Waals surface area contributed by atoms with Crippen molar-refractivity contribution in [2.45, 2.75) is 12.8 Å². The van der Waals surface area contributed by atoms with Gasteiger partial charge >= 0.3 is 0 Å². The summed E-state index contributed by atoms with van der Waals surface area (Å²) in [6.07, 6.45) is 2.92. The minimum absolute atomic E-state index is 0.350. The average molecular weight is 313 g/mol. The Balaban J connectivity index is 0.000000135. The molecule has 0 radical (unpaired) electrons. The number of rotatable bonds is 2. The molecule has 4 rings (SSSR count). The number of fused-ring (bicyclic) bond motifs is 1. The first-order chi connectivity index (χ1) is 10.8. The Labute approximate surface area is 136 Å². The summed E-state index contributed by atoms with van der Waals surface area (Å²) in [7, 11) is 2.01. The lowest BCUT2D eigenvalue weighted by Gasteiger charge is -1.97. The number of hydrogen-bond acceptors (Lipinski definition) is 3. The number of phenolic OH excluding ortho intramolecular Hbond substituents is 1. The highest BCUT2D eigenvalue weighted by atomic mass is 32.1. The van der Waals surface area contributed by atoms with E-state index in [-0.39, 0.29) is 0 Å². The van der Waals surface area contributed by atoms with Gasteiger partial charge in [-0.25, -0.2) is 0 Å². The Kier molecular flexibility index (Phi) is 6.94. The van der Waals surface area contributed by atoms with Gasteiger partial charge in [0.05, 0.1) is 0 Å². The maximum atomic E-state index is 9.37. The molecule has 1 saturated carbocycles. The van der Waals surface area contributed by atoms with Gasteiger partial charge in [0.1, 0.15) is 5.75 Å². The third-order valence-electron chi connectivity index (χ3n) is 3.38. The van der Waals surface area contributed by atoms with Crippen LogP contribution in [0.15, 0.2) is 65.4 Å². The highest BCUT2D eigenvalue weighted by molar-refractivity contribution is 7.07. The van der Waals surface area contributed by atoms with Crippen LogP contribution < -0.4 is 5.32 Å². The minimum atomic E-state index is 0.350. The molecule has 22 heavy (non-hydrogen) atoms. The second-order valence-corrected chi connectivity index (χ2v) is 6.11. The fourth-order valence-electron chi connectivity index (χ4n) is 2.05. The van der Waals surface area contributed by atoms with Crippen molar-refractivity contribution in [3.63, 3.8) is 0 Å². The number of nitrogens with one attached hydrogen (secondary N) is 1. The van der Waals surface area contributed by atoms with Gasteiger partial charge in [0.15, 0.2) is 0 Å². The maximum Gasteiger partial charge on any atom is 0.123 e. The van der Waals surface area contributed by atoms with Gasteiger partial charge in [0.25, 0.3) is 0 Å². The predicted octanol–water partition coefficient (Wildman–Crippen LogP) is 4.91. The first kappa shape index (κ1) is 16.5. The molecule has 1 heterocycles. The molecule has 1 aliphatic carbocycles. The molecule has 2 N–H and O–H groups in total. The Bertz CT molecular complexity index is 625. The van der Waals surface area contributed by atoms with Crippen LogP contribution in [0.2, 0.25) is 0 Å². The molecule has 3 aromatic rings. The number of aromatic hydroxyl groups is 1. The second kappa shape index (κ2) is 9.23. The van der Waals surface area contributed by atoms with Gasteiger partial charge in [0.2, 0.25) is 0 Å². The van der Waals surface area contributed by atoms with Crippen LogP contribution >= 0.6 is 11.3 Å². The summed E-state index contributed by atoms with van der Waals surface area (Å²) in [5, 5.41) is 18.6. The zero-order chi connectivity index (χ0) is 15.6. The Morgan fingerprint density at radius 1 is 1.00 bits per heavy atom. The fourth-order valence-corrected chi connectivity index (χ4v) is 2.50. The Morgan fingerprint density at radius 3 is 2.18 bits per heavy atom. The molecule has 0 atom stereocenters. The lowest BCUT2D eigenvalue weighted by molar-refractivity contribution is 0.481. The van der Waals surface area contributed by atoms with E-state index in [1.165, 1.54) is 19.4 Å². The summed E-state index contributed by atoms with van der Waals surface area (Å²) in [6.45, 7) is 1.24. The van der Waals surface area contributed by atoms with Gasteiger partial charge in [-0.1, -0.05) is 48.5 Å². The topological polar surface area (TPSA) is 32.3 Å². The normalized spacial score (nSPS) is 12.8. The molecule has 0 aliphatic heterocycles. The first-order valence-electron chi connectivity index (χ1n) is 7.59. The molecule has 3 heteroatoms. The molecule has 0 spiro atoms. The van der Waals surface area contributed by atoms with Gasteiger partial charge < -0.3 is 10.4 Å². The van der Waals surface area contributed by atoms with Crippen molar-refractivity contribution in [1.82, 2.24) is 5.32 Å². The smallest absolute Gasteiger partial charge is 0.123 e. The lowest BCUT2D eigenvalue weighted by atomic mass is 10.1. The van der Waals surface area contributed by atoms with Crippen molar-refractivity contribution < 1.29 is 5.11 Å². The molecule has 0 unspecified atom stereocenters. The van der Waals surface area contributed by atoms with E-state index in [1.54, 1.807) is 17.4 Å². The van der Waals surface area contributed by atoms with Crippen molar-refractivity contribution in [2.75, 3.05) is 13.6 Å². The molecule has 2 aromatic carbocycles. The van der Waals surface area contributed by atoms with Crippen molar-refractivity contribution in [1.29, 1.82) is 0 Å². The summed E-state index contributed by atoms with van der Waals surface area (Å²) in [5.41, 5.74) is 0. The van der Waals surface area contributed by atoms with E-state index in [1.807, 2.05) is 66.3 Å². The summed E-state index contributed by atoms with van der Waals surface area (Å²) in [5.74, 6) is 1.39. The molecule has 0 amide bonds. The molecular formula is C19H23NOS. The van der Waals surface area contributed by atoms with Crippen LogP contribution in [0.1, 0.15) is 12.8 Å². The zero-order valence-electron chi connectivity index (χ0n) is 12.9. The summed E-state index contributed by atoms with van der Waals surface area (Å²) in [4.78, 5) is 0. The van der Waals surface area contributed by atoms with Crippen molar-refractivity contribution in [2.24, 2.45) is 5.92 Å². The van der Waals surface area contributed by atoms with E-state index in [4.69, 9.17) is 0 Å². The van der Waals surface area contributed by atoms with Crippen LogP contribution in [0, 0.1) is 5.92 Å². The molecule has 0 saturated heterocycles. The largest absolute Gasteiger partial charge is 0.507 e. The molecule has 1 fully saturated rings. The van der Waals surface area contributed by atoms with E-state index in [0.29, 0.717) is 5.75 Å². The average Bonchev–Trinajstić information content (AvgIpc) is 3.17. The lowest BCUT2D eigenvalue weighted by Crippen LogP contribution is -2.08. The highest BCUT2D eigenvalue weighted by Crippen LogP contribution is 2.27. The molecule has 0 bridgehead atoms. The monoisotopic (exact) mass is 313 g/mol. The summed E-state index contributed by atoms with van der Waals surface area (Å²) < 4.78 is 0. The quantitative estimate of drug-likeness (QED) is 0.704. The third kappa shape index (κ3) is 5.88. The van der Waals surface area contributed by atoms with E-state index in [0.717, 1.165) is 16.7 Å². The Morgan fingerprint density at radius 2 is 1.68 bits per heavy atom. The van der Waals surface area contributed by atoms with Gasteiger partial charge in [-0.15, -0.1) is 0 Å². The molecule has 116 valence electrons. The van der Waals surface area contributed by atoms with Crippen LogP contribution in [-0.4, -0.2) is 18.7 Å².